The highest BCUT2D eigenvalue weighted by atomic mass is 35.5. The number of alkyl halides is 3. The summed E-state index contributed by atoms with van der Waals surface area (Å²) < 4.78 is 63.5. The number of halogens is 5. The Hall–Kier alpha value is -2.74. The second-order valence-electron chi connectivity index (χ2n) is 5.80. The SMILES string of the molecule is Cc1ccc(Oc2cc3c(cc2Cl)C=C(C(=O)O)C(C(F)(F)F)O3)c(F)c1. The number of benzene rings is 2. The number of hydrogen-bond acceptors (Lipinski definition) is 3. The van der Waals surface area contributed by atoms with E-state index < -0.39 is 29.6 Å². The van der Waals surface area contributed by atoms with E-state index in [1.54, 1.807) is 13.0 Å². The van der Waals surface area contributed by atoms with Crippen molar-refractivity contribution in [3.8, 4) is 17.2 Å². The van der Waals surface area contributed by atoms with Crippen LogP contribution in [0.4, 0.5) is 17.6 Å². The number of rotatable bonds is 3. The van der Waals surface area contributed by atoms with Crippen LogP contribution in [0.2, 0.25) is 5.02 Å². The van der Waals surface area contributed by atoms with Gasteiger partial charge < -0.3 is 14.6 Å². The number of aliphatic carboxylic acids is 1. The first-order valence-corrected chi connectivity index (χ1v) is 7.90. The van der Waals surface area contributed by atoms with Gasteiger partial charge in [-0.15, -0.1) is 0 Å². The number of aryl methyl sites for hydroxylation is 1. The van der Waals surface area contributed by atoms with Crippen LogP contribution in [-0.2, 0) is 4.79 Å². The first kappa shape index (κ1) is 19.0. The van der Waals surface area contributed by atoms with Crippen LogP contribution in [0.25, 0.3) is 6.08 Å². The molecule has 0 radical (unpaired) electrons. The van der Waals surface area contributed by atoms with Gasteiger partial charge in [0, 0.05) is 11.6 Å². The number of carboxylic acids is 1. The normalized spacial score (nSPS) is 16.2. The molecule has 2 aromatic carbocycles. The van der Waals surface area contributed by atoms with Crippen LogP contribution in [0.5, 0.6) is 17.2 Å². The van der Waals surface area contributed by atoms with Gasteiger partial charge in [0.1, 0.15) is 11.5 Å². The van der Waals surface area contributed by atoms with E-state index in [0.717, 1.165) is 12.1 Å². The second kappa shape index (κ2) is 6.77. The summed E-state index contributed by atoms with van der Waals surface area (Å²) >= 11 is 6.05. The monoisotopic (exact) mass is 402 g/mol. The van der Waals surface area contributed by atoms with Gasteiger partial charge in [-0.2, -0.15) is 13.2 Å². The molecule has 0 aliphatic carbocycles. The number of carbonyl (C=O) groups is 1. The van der Waals surface area contributed by atoms with Crippen LogP contribution in [-0.4, -0.2) is 23.4 Å². The van der Waals surface area contributed by atoms with E-state index in [4.69, 9.17) is 26.2 Å². The summed E-state index contributed by atoms with van der Waals surface area (Å²) in [5, 5.41) is 8.97. The lowest BCUT2D eigenvalue weighted by Gasteiger charge is -2.27. The maximum atomic E-state index is 13.9. The topological polar surface area (TPSA) is 55.8 Å². The molecule has 27 heavy (non-hydrogen) atoms. The van der Waals surface area contributed by atoms with Crippen molar-refractivity contribution in [2.75, 3.05) is 0 Å². The molecular weight excluding hydrogens is 392 g/mol. The summed E-state index contributed by atoms with van der Waals surface area (Å²) in [5.41, 5.74) is -0.280. The minimum absolute atomic E-state index is 0.0367. The Balaban J connectivity index is 2.02. The summed E-state index contributed by atoms with van der Waals surface area (Å²) in [5.74, 6) is -3.03. The number of hydrogen-bond donors (Lipinski definition) is 1. The van der Waals surface area contributed by atoms with Crippen LogP contribution in [0.15, 0.2) is 35.9 Å². The third-order valence-electron chi connectivity index (χ3n) is 3.75. The molecule has 3 rings (SSSR count). The minimum Gasteiger partial charge on any atom is -0.478 e. The van der Waals surface area contributed by atoms with E-state index in [1.165, 1.54) is 18.2 Å². The molecule has 0 spiro atoms. The molecule has 4 nitrogen and oxygen atoms in total. The van der Waals surface area contributed by atoms with Gasteiger partial charge in [-0.3, -0.25) is 0 Å². The summed E-state index contributed by atoms with van der Waals surface area (Å²) in [4.78, 5) is 11.1. The highest BCUT2D eigenvalue weighted by Crippen LogP contribution is 2.42. The van der Waals surface area contributed by atoms with Crippen molar-refractivity contribution >= 4 is 23.6 Å². The van der Waals surface area contributed by atoms with Crippen LogP contribution < -0.4 is 9.47 Å². The highest BCUT2D eigenvalue weighted by molar-refractivity contribution is 6.32. The Morgan fingerprint density at radius 1 is 1.22 bits per heavy atom. The van der Waals surface area contributed by atoms with E-state index in [1.807, 2.05) is 0 Å². The summed E-state index contributed by atoms with van der Waals surface area (Å²) in [6.45, 7) is 1.68. The lowest BCUT2D eigenvalue weighted by atomic mass is 10.0. The van der Waals surface area contributed by atoms with Crippen LogP contribution in [0.1, 0.15) is 11.1 Å². The number of carboxylic acid groups (broad SMARTS) is 1. The predicted molar refractivity (Wildman–Crippen MR) is 88.7 cm³/mol. The van der Waals surface area contributed by atoms with Crippen molar-refractivity contribution in [2.45, 2.75) is 19.2 Å². The highest BCUT2D eigenvalue weighted by Gasteiger charge is 2.48. The standard InChI is InChI=1S/C18H11ClF4O4/c1-8-2-3-13(12(20)4-8)26-15-7-14-9(6-11(15)19)5-10(17(24)25)16(27-14)18(21,22)23/h2-7,16H,1H3,(H,24,25). The molecule has 0 saturated carbocycles. The third kappa shape index (κ3) is 3.85. The predicted octanol–water partition coefficient (Wildman–Crippen LogP) is 5.37. The molecule has 1 atom stereocenters. The summed E-state index contributed by atoms with van der Waals surface area (Å²) in [6, 6.07) is 6.41. The van der Waals surface area contributed by atoms with Gasteiger partial charge in [0.25, 0.3) is 0 Å². The largest absolute Gasteiger partial charge is 0.478 e. The van der Waals surface area contributed by atoms with E-state index in [0.29, 0.717) is 5.56 Å². The number of ether oxygens (including phenoxy) is 2. The Morgan fingerprint density at radius 3 is 2.52 bits per heavy atom. The molecule has 1 N–H and O–H groups in total. The average molecular weight is 403 g/mol. The van der Waals surface area contributed by atoms with E-state index in [-0.39, 0.29) is 27.8 Å². The van der Waals surface area contributed by atoms with E-state index >= 15 is 0 Å². The molecule has 9 heteroatoms. The molecule has 1 heterocycles. The van der Waals surface area contributed by atoms with Crippen molar-refractivity contribution in [3.05, 3.63) is 57.9 Å². The maximum Gasteiger partial charge on any atom is 0.430 e. The fourth-order valence-electron chi connectivity index (χ4n) is 2.50. The van der Waals surface area contributed by atoms with Gasteiger partial charge in [-0.1, -0.05) is 17.7 Å². The molecule has 0 fully saturated rings. The van der Waals surface area contributed by atoms with Crippen LogP contribution >= 0.6 is 11.6 Å². The zero-order valence-electron chi connectivity index (χ0n) is 13.6. The molecule has 1 unspecified atom stereocenters. The molecule has 142 valence electrons. The summed E-state index contributed by atoms with van der Waals surface area (Å²) in [6.07, 6.45) is -6.75. The van der Waals surface area contributed by atoms with Crippen molar-refractivity contribution < 1.29 is 36.9 Å². The fourth-order valence-corrected chi connectivity index (χ4v) is 2.71. The first-order valence-electron chi connectivity index (χ1n) is 7.52. The second-order valence-corrected chi connectivity index (χ2v) is 6.21. The Labute approximate surface area is 155 Å². The van der Waals surface area contributed by atoms with Crippen molar-refractivity contribution in [3.63, 3.8) is 0 Å². The molecule has 0 amide bonds. The molecule has 0 aromatic heterocycles. The van der Waals surface area contributed by atoms with E-state index in [9.17, 15) is 22.4 Å². The Bertz CT molecular complexity index is 953. The van der Waals surface area contributed by atoms with Gasteiger partial charge >= 0.3 is 12.1 Å². The molecule has 1 aliphatic heterocycles. The molecule has 1 aliphatic rings. The minimum atomic E-state index is -4.94. The van der Waals surface area contributed by atoms with Crippen LogP contribution in [0.3, 0.4) is 0 Å². The molecule has 0 bridgehead atoms. The smallest absolute Gasteiger partial charge is 0.430 e. The third-order valence-corrected chi connectivity index (χ3v) is 4.05. The van der Waals surface area contributed by atoms with Gasteiger partial charge in [-0.25, -0.2) is 9.18 Å². The number of fused-ring (bicyclic) bond motifs is 1. The van der Waals surface area contributed by atoms with Crippen molar-refractivity contribution in [1.82, 2.24) is 0 Å². The zero-order chi connectivity index (χ0) is 19.9. The zero-order valence-corrected chi connectivity index (χ0v) is 14.4. The fraction of sp³-hybridized carbons (Fsp3) is 0.167. The average Bonchev–Trinajstić information content (AvgIpc) is 2.55. The van der Waals surface area contributed by atoms with Gasteiger partial charge in [0.05, 0.1) is 10.6 Å². The van der Waals surface area contributed by atoms with Gasteiger partial charge in [0.15, 0.2) is 11.6 Å². The lowest BCUT2D eigenvalue weighted by Crippen LogP contribution is -2.40. The molecular formula is C18H11ClF4O4. The van der Waals surface area contributed by atoms with Crippen LogP contribution in [0, 0.1) is 12.7 Å². The Morgan fingerprint density at radius 2 is 1.93 bits per heavy atom. The van der Waals surface area contributed by atoms with Crippen molar-refractivity contribution in [2.24, 2.45) is 0 Å². The quantitative estimate of drug-likeness (QED) is 0.701. The van der Waals surface area contributed by atoms with Gasteiger partial charge in [-0.05, 0) is 36.8 Å². The van der Waals surface area contributed by atoms with Crippen molar-refractivity contribution in [1.29, 1.82) is 0 Å². The van der Waals surface area contributed by atoms with E-state index in [2.05, 4.69) is 0 Å². The maximum absolute atomic E-state index is 13.9. The first-order chi connectivity index (χ1) is 12.6. The molecule has 0 saturated heterocycles. The van der Waals surface area contributed by atoms with Gasteiger partial charge in [0.2, 0.25) is 6.10 Å². The molecule has 2 aromatic rings. The Kier molecular flexibility index (Phi) is 4.77. The lowest BCUT2D eigenvalue weighted by molar-refractivity contribution is -0.187. The summed E-state index contributed by atoms with van der Waals surface area (Å²) in [7, 11) is 0.